The number of rotatable bonds is 7. The predicted molar refractivity (Wildman–Crippen MR) is 135 cm³/mol. The van der Waals surface area contributed by atoms with E-state index in [-0.39, 0.29) is 6.61 Å². The van der Waals surface area contributed by atoms with Gasteiger partial charge in [-0.3, -0.25) is 4.90 Å². The predicted octanol–water partition coefficient (Wildman–Crippen LogP) is 6.52. The Balaban J connectivity index is 2.05. The van der Waals surface area contributed by atoms with Gasteiger partial charge in [0.05, 0.1) is 10.4 Å². The lowest BCUT2D eigenvalue weighted by Gasteiger charge is -2.28. The Labute approximate surface area is 201 Å². The fourth-order valence-corrected chi connectivity index (χ4v) is 5.53. The molecule has 0 bridgehead atoms. The van der Waals surface area contributed by atoms with Gasteiger partial charge in [0.1, 0.15) is 18.0 Å². The summed E-state index contributed by atoms with van der Waals surface area (Å²) in [7, 11) is 0. The Hall–Kier alpha value is -1.84. The first kappa shape index (κ1) is 23.8. The minimum Gasteiger partial charge on any atom is -0.487 e. The van der Waals surface area contributed by atoms with Crippen LogP contribution in [-0.2, 0) is 11.3 Å². The molecule has 0 unspecified atom stereocenters. The van der Waals surface area contributed by atoms with Crippen LogP contribution in [0.15, 0.2) is 41.8 Å². The van der Waals surface area contributed by atoms with Gasteiger partial charge in [-0.2, -0.15) is 0 Å². The molecular weight excluding hydrogens is 525 g/mol. The molecular formula is C24H28INO4S. The Morgan fingerprint density at radius 1 is 1.23 bits per heavy atom. The lowest BCUT2D eigenvalue weighted by molar-refractivity contribution is 0.0578. The van der Waals surface area contributed by atoms with Gasteiger partial charge < -0.3 is 14.6 Å². The number of ether oxygens (including phenoxy) is 2. The smallest absolute Gasteiger partial charge is 0.414 e. The maximum absolute atomic E-state index is 13.0. The molecule has 0 spiro atoms. The van der Waals surface area contributed by atoms with E-state index in [1.54, 1.807) is 16.2 Å². The van der Waals surface area contributed by atoms with Gasteiger partial charge in [-0.05, 0) is 73.2 Å². The zero-order chi connectivity index (χ0) is 22.6. The first-order valence-corrected chi connectivity index (χ1v) is 12.2. The number of anilines is 1. The van der Waals surface area contributed by atoms with Gasteiger partial charge in [-0.25, -0.2) is 4.79 Å². The average Bonchev–Trinajstić information content (AvgIpc) is 3.10. The molecule has 31 heavy (non-hydrogen) atoms. The van der Waals surface area contributed by atoms with Crippen molar-refractivity contribution >= 4 is 55.8 Å². The molecule has 166 valence electrons. The number of benzene rings is 2. The summed E-state index contributed by atoms with van der Waals surface area (Å²) >= 11 is 3.94. The van der Waals surface area contributed by atoms with E-state index < -0.39 is 11.7 Å². The highest BCUT2D eigenvalue weighted by Crippen LogP contribution is 2.42. The zero-order valence-electron chi connectivity index (χ0n) is 18.3. The molecule has 1 N–H and O–H groups in total. The normalized spacial score (nSPS) is 11.5. The lowest BCUT2D eigenvalue weighted by Crippen LogP contribution is -2.38. The molecule has 1 amide bonds. The highest BCUT2D eigenvalue weighted by atomic mass is 127. The Bertz CT molecular complexity index is 1040. The van der Waals surface area contributed by atoms with Gasteiger partial charge in [0.2, 0.25) is 0 Å². The van der Waals surface area contributed by atoms with Crippen LogP contribution < -0.4 is 9.64 Å². The third-order valence-corrected chi connectivity index (χ3v) is 6.80. The molecule has 2 aromatic carbocycles. The molecule has 0 radical (unpaired) electrons. The fourth-order valence-electron chi connectivity index (χ4n) is 3.17. The van der Waals surface area contributed by atoms with Crippen molar-refractivity contribution in [2.75, 3.05) is 18.1 Å². The summed E-state index contributed by atoms with van der Waals surface area (Å²) in [4.78, 5) is 14.7. The second-order valence-corrected chi connectivity index (χ2v) is 10.3. The second kappa shape index (κ2) is 10.2. The van der Waals surface area contributed by atoms with Crippen molar-refractivity contribution in [3.63, 3.8) is 0 Å². The van der Waals surface area contributed by atoms with E-state index in [1.807, 2.05) is 57.2 Å². The number of hydrogen-bond donors (Lipinski definition) is 1. The maximum atomic E-state index is 13.0. The number of halogens is 1. The lowest BCUT2D eigenvalue weighted by atomic mass is 10.1. The molecule has 0 aliphatic rings. The van der Waals surface area contributed by atoms with Gasteiger partial charge in [0.25, 0.3) is 0 Å². The van der Waals surface area contributed by atoms with Crippen LogP contribution in [0.5, 0.6) is 5.75 Å². The van der Waals surface area contributed by atoms with Crippen LogP contribution >= 0.6 is 33.9 Å². The number of thiophene rings is 1. The first-order valence-electron chi connectivity index (χ1n) is 10.2. The number of carbonyl (C=O) groups excluding carboxylic acids is 1. The van der Waals surface area contributed by atoms with Crippen molar-refractivity contribution < 1.29 is 19.4 Å². The molecule has 3 rings (SSSR count). The summed E-state index contributed by atoms with van der Waals surface area (Å²) in [5.41, 5.74) is 2.34. The highest BCUT2D eigenvalue weighted by Gasteiger charge is 2.27. The van der Waals surface area contributed by atoms with Gasteiger partial charge >= 0.3 is 6.09 Å². The third kappa shape index (κ3) is 5.90. The van der Waals surface area contributed by atoms with E-state index in [1.165, 1.54) is 0 Å². The van der Waals surface area contributed by atoms with Gasteiger partial charge in [0, 0.05) is 28.2 Å². The average molecular weight is 553 g/mol. The van der Waals surface area contributed by atoms with Gasteiger partial charge in [-0.1, -0.05) is 30.3 Å². The topological polar surface area (TPSA) is 59.0 Å². The van der Waals surface area contributed by atoms with Crippen LogP contribution in [0.2, 0.25) is 0 Å². The number of fused-ring (bicyclic) bond motifs is 1. The minimum atomic E-state index is -0.616. The van der Waals surface area contributed by atoms with E-state index >= 15 is 0 Å². The van der Waals surface area contributed by atoms with Gasteiger partial charge in [0.15, 0.2) is 0 Å². The monoisotopic (exact) mass is 553 g/mol. The van der Waals surface area contributed by atoms with Crippen molar-refractivity contribution in [1.82, 2.24) is 0 Å². The zero-order valence-corrected chi connectivity index (χ0v) is 21.2. The van der Waals surface area contributed by atoms with Crippen molar-refractivity contribution in [3.05, 3.63) is 56.5 Å². The number of hydrogen-bond acceptors (Lipinski definition) is 5. The molecule has 3 aromatic rings. The molecule has 1 aromatic heterocycles. The summed E-state index contributed by atoms with van der Waals surface area (Å²) in [6.45, 7) is 8.40. The Morgan fingerprint density at radius 3 is 2.58 bits per heavy atom. The van der Waals surface area contributed by atoms with Crippen LogP contribution in [-0.4, -0.2) is 30.0 Å². The summed E-state index contributed by atoms with van der Waals surface area (Å²) in [5, 5.41) is 12.6. The quantitative estimate of drug-likeness (QED) is 0.339. The van der Waals surface area contributed by atoms with Crippen LogP contribution in [0.3, 0.4) is 0 Å². The van der Waals surface area contributed by atoms with E-state index in [2.05, 4.69) is 34.9 Å². The van der Waals surface area contributed by atoms with Crippen LogP contribution in [0, 0.1) is 10.5 Å². The number of aryl methyl sites for hydroxylation is 1. The van der Waals surface area contributed by atoms with E-state index in [4.69, 9.17) is 9.47 Å². The molecule has 0 aliphatic carbocycles. The highest BCUT2D eigenvalue weighted by molar-refractivity contribution is 14.1. The standard InChI is InChI=1S/C24H28INO4S/c1-16-15-31-22-19(29-14-17-9-6-5-7-10-17)13-18(21(25)20(16)22)26(11-8-12-27)23(28)30-24(2,3)4/h5-7,9-10,13,15,27H,8,11-12,14H2,1-4H3. The van der Waals surface area contributed by atoms with Crippen LogP contribution in [0.1, 0.15) is 38.3 Å². The molecule has 0 saturated carbocycles. The molecule has 0 fully saturated rings. The maximum Gasteiger partial charge on any atom is 0.414 e. The number of carbonyl (C=O) groups is 1. The second-order valence-electron chi connectivity index (χ2n) is 8.31. The molecule has 0 saturated heterocycles. The van der Waals surface area contributed by atoms with Crippen molar-refractivity contribution in [1.29, 1.82) is 0 Å². The van der Waals surface area contributed by atoms with Crippen molar-refractivity contribution in [2.24, 2.45) is 0 Å². The van der Waals surface area contributed by atoms with Crippen LogP contribution in [0.25, 0.3) is 10.1 Å². The first-order chi connectivity index (χ1) is 14.7. The number of amides is 1. The number of aliphatic hydroxyl groups excluding tert-OH is 1. The summed E-state index contributed by atoms with van der Waals surface area (Å²) < 4.78 is 13.9. The Morgan fingerprint density at radius 2 is 1.94 bits per heavy atom. The fraction of sp³-hybridized carbons (Fsp3) is 0.375. The van der Waals surface area contributed by atoms with E-state index in [0.29, 0.717) is 19.6 Å². The number of aliphatic hydroxyl groups is 1. The largest absolute Gasteiger partial charge is 0.487 e. The minimum absolute atomic E-state index is 0.00698. The number of nitrogens with zero attached hydrogens (tertiary/aromatic N) is 1. The van der Waals surface area contributed by atoms with Crippen molar-refractivity contribution in [2.45, 2.75) is 46.3 Å². The molecule has 1 heterocycles. The molecule has 5 nitrogen and oxygen atoms in total. The van der Waals surface area contributed by atoms with E-state index in [9.17, 15) is 9.90 Å². The molecule has 0 atom stereocenters. The summed E-state index contributed by atoms with van der Waals surface area (Å²) in [6.07, 6.45) is 0.0241. The van der Waals surface area contributed by atoms with Gasteiger partial charge in [-0.15, -0.1) is 11.3 Å². The SMILES string of the molecule is Cc1csc2c(OCc3ccccc3)cc(N(CCCO)C(=O)OC(C)(C)C)c(I)c12. The Kier molecular flexibility index (Phi) is 7.82. The molecule has 7 heteroatoms. The molecule has 0 aliphatic heterocycles. The van der Waals surface area contributed by atoms with E-state index in [0.717, 1.165) is 36.2 Å². The summed E-state index contributed by atoms with van der Waals surface area (Å²) in [5.74, 6) is 0.741. The summed E-state index contributed by atoms with van der Waals surface area (Å²) in [6, 6.07) is 11.9. The van der Waals surface area contributed by atoms with Crippen molar-refractivity contribution in [3.8, 4) is 5.75 Å². The third-order valence-electron chi connectivity index (χ3n) is 4.59. The van der Waals surface area contributed by atoms with Crippen LogP contribution in [0.4, 0.5) is 10.5 Å².